The number of ether oxygens (including phenoxy) is 18. The third-order valence-electron chi connectivity index (χ3n) is 25.1. The Morgan fingerprint density at radius 1 is 0.264 bits per heavy atom. The molecule has 4 amide bonds. The number of carbonyl (C=O) groups excluding carboxylic acids is 7. The van der Waals surface area contributed by atoms with Gasteiger partial charge in [0.25, 0.3) is 23.6 Å². The van der Waals surface area contributed by atoms with Crippen molar-refractivity contribution in [2.24, 2.45) is 0 Å². The first kappa shape index (κ1) is 96.9. The molecule has 28 heteroatoms. The Morgan fingerprint density at radius 2 is 0.514 bits per heavy atom. The summed E-state index contributed by atoms with van der Waals surface area (Å²) in [6, 6.07) is 99.2. The van der Waals surface area contributed by atoms with Crippen LogP contribution in [0.5, 0.6) is 0 Å². The molecule has 6 aliphatic heterocycles. The Hall–Kier alpha value is -13.3. The molecule has 0 spiro atoms. The molecule has 1 N–H and O–H groups in total. The molecule has 0 aliphatic carbocycles. The van der Waals surface area contributed by atoms with Crippen LogP contribution in [0.1, 0.15) is 114 Å². The Morgan fingerprint density at radius 3 is 0.850 bits per heavy atom. The standard InChI is InChI=1S/C112H106N2O26/c1-72(115)133-99-93(125-62-75-40-16-4-17-41-75)89(70-131-107(120)81-52-28-10-29-53-81)136-111(101(99)129-66-79-48-24-8-25-49-79)139-96-88(69-124-61-74-38-14-3-15-39-74)135-110(92(98(96)128-65-78-46-22-7-23-47-78)114-105(118)85-58-34-35-59-86(85)106(114)119)140-100-94(126-63-76-42-18-5-19-43-76)90(71-132-108(121)82-54-30-11-31-55-82)137-112(102(100)130-67-80-50-26-9-27-51-80)138-95-87(68-123-60-73-36-12-2-13-37-73)134-109(122)91(97(95)127-64-77-44-20-6-21-45-77)113-103(116)83-56-32-33-57-84(83)104(113)117/h2-59,87-102,109-112,122H,60-71H2,1H3/t87-,88-,89-,90-,91-,92-,93+,94+,95-,96-,97-,98-,99+,100+,101-,102-,109?,110+,111+,112+/m1/s1. The predicted molar refractivity (Wildman–Crippen MR) is 504 cm³/mol. The van der Waals surface area contributed by atoms with Crippen molar-refractivity contribution >= 4 is 41.5 Å². The van der Waals surface area contributed by atoms with Gasteiger partial charge in [-0.25, -0.2) is 9.59 Å². The van der Waals surface area contributed by atoms with E-state index in [-0.39, 0.29) is 92.8 Å². The lowest BCUT2D eigenvalue weighted by molar-refractivity contribution is -0.391. The molecule has 0 bridgehead atoms. The molecule has 12 aromatic carbocycles. The smallest absolute Gasteiger partial charge is 0.338 e. The molecule has 4 fully saturated rings. The van der Waals surface area contributed by atoms with Crippen LogP contribution >= 0.6 is 0 Å². The van der Waals surface area contributed by atoms with E-state index in [1.165, 1.54) is 31.2 Å². The summed E-state index contributed by atoms with van der Waals surface area (Å²) in [5.41, 5.74) is 5.82. The molecule has 6 aliphatic rings. The molecule has 6 heterocycles. The van der Waals surface area contributed by atoms with E-state index >= 15 is 19.2 Å². The number of carbonyl (C=O) groups is 7. The number of nitrogens with zero attached hydrogens (tertiary/aromatic N) is 2. The first-order valence-electron chi connectivity index (χ1n) is 46.7. The maximum Gasteiger partial charge on any atom is 0.338 e. The van der Waals surface area contributed by atoms with E-state index in [9.17, 15) is 19.5 Å². The number of fused-ring (bicyclic) bond motifs is 2. The highest BCUT2D eigenvalue weighted by atomic mass is 16.8. The molecule has 720 valence electrons. The summed E-state index contributed by atoms with van der Waals surface area (Å²) in [6.07, 6.45) is -29.4. The lowest BCUT2D eigenvalue weighted by Gasteiger charge is -2.53. The van der Waals surface area contributed by atoms with Gasteiger partial charge in [-0.3, -0.25) is 33.8 Å². The molecule has 0 aromatic heterocycles. The zero-order valence-electron chi connectivity index (χ0n) is 76.6. The molecule has 1 unspecified atom stereocenters. The lowest BCUT2D eigenvalue weighted by Crippen LogP contribution is -2.71. The van der Waals surface area contributed by atoms with Gasteiger partial charge in [-0.15, -0.1) is 0 Å². The number of aliphatic hydroxyl groups excluding tert-OH is 1. The Kier molecular flexibility index (Phi) is 32.6. The SMILES string of the molecule is CC(=O)O[C@H]1[C@@H](OCc2ccccc2)[C@@H](COC(=O)c2ccccc2)O[C@@H](O[C@H]2[C@H](OCc3ccccc3)[C@@H](N3C(=O)c4ccccc4C3=O)[C@H](O[C@H]3[C@@H](OCc4ccccc4)[C@@H](COC(=O)c4ccccc4)O[C@@H](O[C@H]4[C@H](OCc5ccccc5)[C@@H](N5C(=O)c6ccccc6C5=O)C(O)O[C@@H]4COCc4ccccc4)[C@@H]3OCc3ccccc3)O[C@@H]2COCc2ccccc2)[C@@H]1OCc1ccccc1. The number of imide groups is 2. The monoisotopic (exact) mass is 1890 g/mol. The predicted octanol–water partition coefficient (Wildman–Crippen LogP) is 15.0. The molecule has 140 heavy (non-hydrogen) atoms. The highest BCUT2D eigenvalue weighted by molar-refractivity contribution is 6.22. The first-order valence-corrected chi connectivity index (χ1v) is 46.7. The summed E-state index contributed by atoms with van der Waals surface area (Å²) in [5, 5.41) is 13.0. The third-order valence-corrected chi connectivity index (χ3v) is 25.1. The minimum Gasteiger partial charge on any atom is -0.459 e. The van der Waals surface area contributed by atoms with E-state index in [1.807, 2.05) is 243 Å². The number of benzene rings is 12. The molecule has 18 rings (SSSR count). The van der Waals surface area contributed by atoms with Gasteiger partial charge in [0.2, 0.25) is 0 Å². The van der Waals surface area contributed by atoms with Crippen LogP contribution in [0.3, 0.4) is 0 Å². The van der Waals surface area contributed by atoms with E-state index in [0.717, 1.165) is 26.5 Å². The van der Waals surface area contributed by atoms with Gasteiger partial charge in [0.05, 0.1) is 99.4 Å². The van der Waals surface area contributed by atoms with Gasteiger partial charge < -0.3 is 90.4 Å². The van der Waals surface area contributed by atoms with Crippen molar-refractivity contribution < 1.29 is 124 Å². The van der Waals surface area contributed by atoms with Gasteiger partial charge in [-0.05, 0) is 93.0 Å². The number of hydrogen-bond donors (Lipinski definition) is 1. The van der Waals surface area contributed by atoms with E-state index < -0.39 is 184 Å². The molecule has 0 radical (unpaired) electrons. The quantitative estimate of drug-likeness (QED) is 0.0211. The second kappa shape index (κ2) is 47.1. The van der Waals surface area contributed by atoms with Gasteiger partial charge in [-0.1, -0.05) is 303 Å². The van der Waals surface area contributed by atoms with Gasteiger partial charge in [0.1, 0.15) is 105 Å². The third kappa shape index (κ3) is 23.5. The van der Waals surface area contributed by atoms with Crippen molar-refractivity contribution in [1.29, 1.82) is 0 Å². The van der Waals surface area contributed by atoms with E-state index in [2.05, 4.69) is 0 Å². The van der Waals surface area contributed by atoms with E-state index in [1.54, 1.807) is 84.9 Å². The molecular weight excluding hydrogens is 1790 g/mol. The van der Waals surface area contributed by atoms with Crippen molar-refractivity contribution in [2.45, 2.75) is 182 Å². The second-order valence-corrected chi connectivity index (χ2v) is 34.6. The average molecular weight is 1900 g/mol. The number of hydrogen-bond acceptors (Lipinski definition) is 26. The van der Waals surface area contributed by atoms with Crippen molar-refractivity contribution in [3.05, 3.63) is 430 Å². The second-order valence-electron chi connectivity index (χ2n) is 34.6. The molecule has 12 aromatic rings. The highest BCUT2D eigenvalue weighted by Crippen LogP contribution is 2.45. The molecule has 4 saturated heterocycles. The number of aliphatic hydroxyl groups is 1. The maximum absolute atomic E-state index is 16.5. The van der Waals surface area contributed by atoms with Crippen molar-refractivity contribution in [1.82, 2.24) is 9.80 Å². The topological polar surface area (TPSA) is 312 Å². The van der Waals surface area contributed by atoms with Crippen LogP contribution in [-0.2, 0) is 143 Å². The summed E-state index contributed by atoms with van der Waals surface area (Å²) in [4.78, 5) is 109. The van der Waals surface area contributed by atoms with Crippen molar-refractivity contribution in [3.63, 3.8) is 0 Å². The van der Waals surface area contributed by atoms with Crippen LogP contribution in [0.4, 0.5) is 0 Å². The van der Waals surface area contributed by atoms with Crippen LogP contribution in [-0.4, -0.2) is 206 Å². The number of rotatable bonds is 41. The minimum atomic E-state index is -2.01. The Balaban J connectivity index is 0.825. The zero-order valence-corrected chi connectivity index (χ0v) is 76.6. The molecular formula is C112H106N2O26. The summed E-state index contributed by atoms with van der Waals surface area (Å²) in [7, 11) is 0. The largest absolute Gasteiger partial charge is 0.459 e. The molecule has 28 nitrogen and oxygen atoms in total. The lowest BCUT2D eigenvalue weighted by atomic mass is 9.92. The van der Waals surface area contributed by atoms with E-state index in [0.29, 0.717) is 27.8 Å². The fraction of sp³-hybridized carbons (Fsp3) is 0.295. The first-order chi connectivity index (χ1) is 68.7. The number of esters is 3. The van der Waals surface area contributed by atoms with Gasteiger partial charge >= 0.3 is 17.9 Å². The summed E-state index contributed by atoms with van der Waals surface area (Å²) in [6.45, 7) is -2.01. The summed E-state index contributed by atoms with van der Waals surface area (Å²) >= 11 is 0. The maximum atomic E-state index is 16.5. The summed E-state index contributed by atoms with van der Waals surface area (Å²) in [5.74, 6) is -5.48. The van der Waals surface area contributed by atoms with Crippen molar-refractivity contribution in [2.75, 3.05) is 26.4 Å². The van der Waals surface area contributed by atoms with E-state index in [4.69, 9.17) is 85.3 Å². The van der Waals surface area contributed by atoms with Gasteiger partial charge in [-0.2, -0.15) is 0 Å². The average Bonchev–Trinajstić information content (AvgIpc) is 1.52. The minimum absolute atomic E-state index is 0.00723. The molecule has 0 saturated carbocycles. The fourth-order valence-corrected chi connectivity index (χ4v) is 18.3. The van der Waals surface area contributed by atoms with Crippen LogP contribution in [0.2, 0.25) is 0 Å². The van der Waals surface area contributed by atoms with Crippen LogP contribution < -0.4 is 0 Å². The number of amides is 4. The van der Waals surface area contributed by atoms with Gasteiger partial charge in [0, 0.05) is 6.92 Å². The van der Waals surface area contributed by atoms with Gasteiger partial charge in [0.15, 0.2) is 31.3 Å². The fourth-order valence-electron chi connectivity index (χ4n) is 18.3. The van der Waals surface area contributed by atoms with Crippen LogP contribution in [0.15, 0.2) is 352 Å². The Labute approximate surface area is 809 Å². The Bertz CT molecular complexity index is 5990. The van der Waals surface area contributed by atoms with Crippen LogP contribution in [0, 0.1) is 0 Å². The summed E-state index contributed by atoms with van der Waals surface area (Å²) < 4.78 is 130. The van der Waals surface area contributed by atoms with Crippen LogP contribution in [0.25, 0.3) is 0 Å². The highest BCUT2D eigenvalue weighted by Gasteiger charge is 2.63. The van der Waals surface area contributed by atoms with Crippen molar-refractivity contribution in [3.8, 4) is 0 Å². The molecule has 20 atom stereocenters. The zero-order chi connectivity index (χ0) is 96.1. The normalized spacial score (nSPS) is 25.4.